The van der Waals surface area contributed by atoms with Gasteiger partial charge in [0.05, 0.1) is 17.0 Å². The maximum Gasteiger partial charge on any atom is 0.416 e. The van der Waals surface area contributed by atoms with Crippen LogP contribution in [0.3, 0.4) is 0 Å². The molecular weight excluding hydrogens is 539 g/mol. The van der Waals surface area contributed by atoms with E-state index < -0.39 is 47.0 Å². The van der Waals surface area contributed by atoms with E-state index in [2.05, 4.69) is 15.5 Å². The summed E-state index contributed by atoms with van der Waals surface area (Å²) >= 11 is -2.66. The van der Waals surface area contributed by atoms with Gasteiger partial charge in [-0.3, -0.25) is 18.4 Å². The maximum atomic E-state index is 13.4. The van der Waals surface area contributed by atoms with Crippen molar-refractivity contribution >= 4 is 40.2 Å². The van der Waals surface area contributed by atoms with Crippen molar-refractivity contribution in [3.63, 3.8) is 0 Å². The molecule has 2 aromatic carbocycles. The summed E-state index contributed by atoms with van der Waals surface area (Å²) in [5.74, 6) is -1.23. The fraction of sp³-hybridized carbons (Fsp3) is 0.280. The minimum Gasteiger partial charge on any atom is -0.359 e. The van der Waals surface area contributed by atoms with Gasteiger partial charge in [0, 0.05) is 18.2 Å². The van der Waals surface area contributed by atoms with E-state index in [-0.39, 0.29) is 22.9 Å². The number of aromatic nitrogens is 1. The summed E-state index contributed by atoms with van der Waals surface area (Å²) < 4.78 is 67.5. The largest absolute Gasteiger partial charge is 0.416 e. The molecule has 39 heavy (non-hydrogen) atoms. The number of hydrogen-bond donors (Lipinski definition) is 2. The highest BCUT2D eigenvalue weighted by molar-refractivity contribution is 7.80. The number of likely N-dealkylation sites (N-methyl/N-ethyl adjacent to an activating group) is 1. The van der Waals surface area contributed by atoms with Gasteiger partial charge in [-0.15, -0.1) is 0 Å². The van der Waals surface area contributed by atoms with Crippen LogP contribution < -0.4 is 14.5 Å². The molecule has 0 saturated heterocycles. The Morgan fingerprint density at radius 3 is 2.38 bits per heavy atom. The number of benzodiazepines with no additional fused rings is 1. The molecule has 0 fully saturated rings. The van der Waals surface area contributed by atoms with E-state index in [0.717, 1.165) is 16.4 Å². The van der Waals surface area contributed by atoms with Crippen molar-refractivity contribution < 1.29 is 36.0 Å². The standard InChI is InChI=1S/C25H24F3N5O5S/c1-13-21(15(3)38-31-13)33(39(36)37)14(2)23(34)30-22-24(35)32(4)19-8-6-5-7-18(19)20(29-22)16-9-11-17(12-10-16)25(26,27)28/h5-12,14,22H,1-4H3,(H,30,34)(H,36,37). The van der Waals surface area contributed by atoms with Crippen LogP contribution in [0.1, 0.15) is 35.1 Å². The molecule has 3 unspecified atom stereocenters. The number of nitrogens with one attached hydrogen (secondary N) is 1. The van der Waals surface area contributed by atoms with Crippen molar-refractivity contribution in [2.45, 2.75) is 39.2 Å². The van der Waals surface area contributed by atoms with Crippen LogP contribution in [0, 0.1) is 13.8 Å². The van der Waals surface area contributed by atoms with Crippen LogP contribution in [0.4, 0.5) is 24.5 Å². The third kappa shape index (κ3) is 5.43. The molecule has 206 valence electrons. The number of nitrogens with zero attached hydrogens (tertiary/aromatic N) is 4. The average molecular weight is 564 g/mol. The molecule has 1 aliphatic rings. The van der Waals surface area contributed by atoms with E-state index in [1.165, 1.54) is 44.9 Å². The molecule has 2 N–H and O–H groups in total. The number of aryl methyl sites for hydroxylation is 2. The zero-order valence-electron chi connectivity index (χ0n) is 21.2. The maximum absolute atomic E-state index is 13.4. The van der Waals surface area contributed by atoms with Crippen molar-refractivity contribution in [3.8, 4) is 0 Å². The van der Waals surface area contributed by atoms with E-state index in [4.69, 9.17) is 4.52 Å². The van der Waals surface area contributed by atoms with Gasteiger partial charge in [0.1, 0.15) is 17.4 Å². The lowest BCUT2D eigenvalue weighted by molar-refractivity contribution is -0.137. The van der Waals surface area contributed by atoms with Gasteiger partial charge in [-0.2, -0.15) is 13.2 Å². The number of carbonyl (C=O) groups excluding carboxylic acids is 2. The number of carbonyl (C=O) groups is 2. The molecule has 2 amide bonds. The Morgan fingerprint density at radius 1 is 1.18 bits per heavy atom. The van der Waals surface area contributed by atoms with Crippen molar-refractivity contribution in [1.29, 1.82) is 0 Å². The number of aliphatic imine (C=N–C) groups is 1. The van der Waals surface area contributed by atoms with E-state index >= 15 is 0 Å². The number of benzene rings is 2. The number of anilines is 2. The van der Waals surface area contributed by atoms with Crippen molar-refractivity contribution in [2.24, 2.45) is 4.99 Å². The number of fused-ring (bicyclic) bond motifs is 1. The predicted octanol–water partition coefficient (Wildman–Crippen LogP) is 3.60. The molecule has 1 aliphatic heterocycles. The summed E-state index contributed by atoms with van der Waals surface area (Å²) in [6.45, 7) is 4.41. The minimum atomic E-state index is -4.54. The number of hydrogen-bond acceptors (Lipinski definition) is 6. The second-order valence-corrected chi connectivity index (χ2v) is 9.64. The monoisotopic (exact) mass is 563 g/mol. The zero-order valence-corrected chi connectivity index (χ0v) is 22.0. The molecule has 0 saturated carbocycles. The Bertz CT molecular complexity index is 1450. The molecular formula is C25H24F3N5O5S. The van der Waals surface area contributed by atoms with E-state index in [1.54, 1.807) is 24.3 Å². The normalized spacial score (nSPS) is 17.1. The Labute approximate surface area is 223 Å². The molecule has 2 heterocycles. The Hall–Kier alpha value is -4.04. The highest BCUT2D eigenvalue weighted by Crippen LogP contribution is 2.32. The lowest BCUT2D eigenvalue weighted by Gasteiger charge is -2.27. The van der Waals surface area contributed by atoms with E-state index in [9.17, 15) is 31.5 Å². The number of rotatable bonds is 6. The van der Waals surface area contributed by atoms with E-state index in [0.29, 0.717) is 16.8 Å². The first-order valence-electron chi connectivity index (χ1n) is 11.6. The molecule has 0 aliphatic carbocycles. The van der Waals surface area contributed by atoms with Gasteiger partial charge in [0.15, 0.2) is 5.76 Å². The molecule has 3 atom stereocenters. The van der Waals surface area contributed by atoms with Gasteiger partial charge in [-0.25, -0.2) is 9.20 Å². The molecule has 0 radical (unpaired) electrons. The predicted molar refractivity (Wildman–Crippen MR) is 138 cm³/mol. The van der Waals surface area contributed by atoms with Crippen LogP contribution in [-0.2, 0) is 27.0 Å². The first kappa shape index (κ1) is 28.0. The van der Waals surface area contributed by atoms with Crippen LogP contribution in [-0.4, -0.2) is 50.7 Å². The van der Waals surface area contributed by atoms with Crippen LogP contribution in [0.5, 0.6) is 0 Å². The molecule has 4 rings (SSSR count). The van der Waals surface area contributed by atoms with Gasteiger partial charge in [0.2, 0.25) is 12.1 Å². The van der Waals surface area contributed by atoms with Gasteiger partial charge in [0.25, 0.3) is 17.2 Å². The van der Waals surface area contributed by atoms with Gasteiger partial charge in [-0.1, -0.05) is 35.5 Å². The number of halogens is 3. The molecule has 0 bridgehead atoms. The fourth-order valence-corrected chi connectivity index (χ4v) is 5.01. The molecule has 0 spiro atoms. The number of alkyl halides is 3. The van der Waals surface area contributed by atoms with Crippen molar-refractivity contribution in [3.05, 3.63) is 76.7 Å². The van der Waals surface area contributed by atoms with Crippen LogP contribution in [0.25, 0.3) is 0 Å². The Kier molecular flexibility index (Phi) is 7.61. The Balaban J connectivity index is 1.73. The van der Waals surface area contributed by atoms with Crippen molar-refractivity contribution in [2.75, 3.05) is 16.3 Å². The molecule has 10 nitrogen and oxygen atoms in total. The van der Waals surface area contributed by atoms with Gasteiger partial charge in [-0.05, 0) is 39.0 Å². The molecule has 14 heteroatoms. The zero-order chi connectivity index (χ0) is 28.6. The van der Waals surface area contributed by atoms with Gasteiger partial charge < -0.3 is 14.7 Å². The third-order valence-corrected chi connectivity index (χ3v) is 7.06. The van der Waals surface area contributed by atoms with Crippen LogP contribution >= 0.6 is 0 Å². The SMILES string of the molecule is Cc1noc(C)c1N(C(C)C(=O)NC1N=C(c2ccc(C(F)(F)F)cc2)c2ccccc2N(C)C1=O)S(=O)O. The van der Waals surface area contributed by atoms with Crippen LogP contribution in [0.15, 0.2) is 58.0 Å². The van der Waals surface area contributed by atoms with Crippen LogP contribution in [0.2, 0.25) is 0 Å². The molecule has 1 aromatic heterocycles. The van der Waals surface area contributed by atoms with E-state index in [1.807, 2.05) is 0 Å². The summed E-state index contributed by atoms with van der Waals surface area (Å²) in [5, 5.41) is 6.26. The average Bonchev–Trinajstić information content (AvgIpc) is 3.17. The highest BCUT2D eigenvalue weighted by atomic mass is 32.2. The lowest BCUT2D eigenvalue weighted by atomic mass is 9.99. The number of para-hydroxylation sites is 1. The second-order valence-electron chi connectivity index (χ2n) is 8.78. The fourth-order valence-electron chi connectivity index (χ4n) is 4.23. The van der Waals surface area contributed by atoms with Crippen molar-refractivity contribution in [1.82, 2.24) is 10.5 Å². The lowest BCUT2D eigenvalue weighted by Crippen LogP contribution is -2.53. The summed E-state index contributed by atoms with van der Waals surface area (Å²) in [7, 11) is 1.48. The first-order chi connectivity index (χ1) is 18.3. The second kappa shape index (κ2) is 10.6. The molecule has 3 aromatic rings. The topological polar surface area (TPSA) is 128 Å². The highest BCUT2D eigenvalue weighted by Gasteiger charge is 2.36. The summed E-state index contributed by atoms with van der Waals surface area (Å²) in [4.78, 5) is 32.4. The smallest absolute Gasteiger partial charge is 0.359 e. The number of amides is 2. The Morgan fingerprint density at radius 2 is 1.82 bits per heavy atom. The van der Waals surface area contributed by atoms with Gasteiger partial charge >= 0.3 is 6.18 Å². The summed E-state index contributed by atoms with van der Waals surface area (Å²) in [6.07, 6.45) is -6.03. The first-order valence-corrected chi connectivity index (χ1v) is 12.6. The summed E-state index contributed by atoms with van der Waals surface area (Å²) in [6, 6.07) is 9.70. The quantitative estimate of drug-likeness (QED) is 0.441. The summed E-state index contributed by atoms with van der Waals surface area (Å²) in [5.41, 5.74) is 0.938. The minimum absolute atomic E-state index is 0.143. The third-order valence-electron chi connectivity index (χ3n) is 6.22.